The van der Waals surface area contributed by atoms with E-state index in [-0.39, 0.29) is 0 Å². The molecule has 1 aliphatic carbocycles. The second kappa shape index (κ2) is 6.42. The highest BCUT2D eigenvalue weighted by Gasteiger charge is 2.20. The molecule has 0 saturated heterocycles. The summed E-state index contributed by atoms with van der Waals surface area (Å²) in [5.41, 5.74) is 2.75. The quantitative estimate of drug-likeness (QED) is 0.632. The molecule has 1 aliphatic rings. The van der Waals surface area contributed by atoms with Crippen molar-refractivity contribution in [1.82, 2.24) is 5.32 Å². The number of halogens is 1. The first-order valence-electron chi connectivity index (χ1n) is 6.69. The van der Waals surface area contributed by atoms with E-state index < -0.39 is 0 Å². The topological polar surface area (TPSA) is 12.0 Å². The normalized spacial score (nSPS) is 25.5. The Morgan fingerprint density at radius 3 is 2.76 bits per heavy atom. The van der Waals surface area contributed by atoms with Crippen LogP contribution in [0.4, 0.5) is 0 Å². The maximum atomic E-state index is 6.43. The average Bonchev–Trinajstić information content (AvgIpc) is 2.53. The summed E-state index contributed by atoms with van der Waals surface area (Å²) in [6, 6.07) is 9.05. The second-order valence-corrected chi connectivity index (χ2v) is 5.63. The zero-order valence-corrected chi connectivity index (χ0v) is 11.3. The van der Waals surface area contributed by atoms with E-state index in [2.05, 4.69) is 36.5 Å². The maximum Gasteiger partial charge on any atom is 0.0489 e. The SMILES string of the molecule is Cc1ccccc1CNC1CCCCCC1Cl. The van der Waals surface area contributed by atoms with Crippen molar-refractivity contribution >= 4 is 11.6 Å². The molecular formula is C15H22ClN. The highest BCUT2D eigenvalue weighted by Crippen LogP contribution is 2.22. The van der Waals surface area contributed by atoms with Crippen molar-refractivity contribution < 1.29 is 0 Å². The Morgan fingerprint density at radius 2 is 1.94 bits per heavy atom. The van der Waals surface area contributed by atoms with Crippen LogP contribution in [0, 0.1) is 6.92 Å². The second-order valence-electron chi connectivity index (χ2n) is 5.07. The number of alkyl halides is 1. The standard InChI is InChI=1S/C15H22ClN/c1-12-7-5-6-8-13(12)11-17-15-10-4-2-3-9-14(15)16/h5-8,14-15,17H,2-4,9-11H2,1H3. The van der Waals surface area contributed by atoms with E-state index in [1.54, 1.807) is 0 Å². The van der Waals surface area contributed by atoms with Gasteiger partial charge in [0.15, 0.2) is 0 Å². The lowest BCUT2D eigenvalue weighted by molar-refractivity contribution is 0.464. The van der Waals surface area contributed by atoms with Gasteiger partial charge in [-0.1, -0.05) is 43.5 Å². The summed E-state index contributed by atoms with van der Waals surface area (Å²) < 4.78 is 0. The van der Waals surface area contributed by atoms with Crippen molar-refractivity contribution in [1.29, 1.82) is 0 Å². The molecule has 0 radical (unpaired) electrons. The molecule has 2 unspecified atom stereocenters. The van der Waals surface area contributed by atoms with Gasteiger partial charge >= 0.3 is 0 Å². The fourth-order valence-electron chi connectivity index (χ4n) is 2.54. The van der Waals surface area contributed by atoms with Crippen molar-refractivity contribution in [3.05, 3.63) is 35.4 Å². The molecule has 1 aromatic carbocycles. The summed E-state index contributed by atoms with van der Waals surface area (Å²) in [5.74, 6) is 0. The first kappa shape index (κ1) is 12.9. The fourth-order valence-corrected chi connectivity index (χ4v) is 2.91. The Hall–Kier alpha value is -0.530. The molecule has 2 atom stereocenters. The van der Waals surface area contributed by atoms with Crippen molar-refractivity contribution in [2.75, 3.05) is 0 Å². The summed E-state index contributed by atoms with van der Waals surface area (Å²) in [5, 5.41) is 3.94. The van der Waals surface area contributed by atoms with Crippen LogP contribution in [0.2, 0.25) is 0 Å². The Balaban J connectivity index is 1.90. The summed E-state index contributed by atoms with van der Waals surface area (Å²) in [4.78, 5) is 0. The minimum Gasteiger partial charge on any atom is -0.308 e. The van der Waals surface area contributed by atoms with E-state index in [1.165, 1.54) is 36.8 Å². The average molecular weight is 252 g/mol. The van der Waals surface area contributed by atoms with E-state index >= 15 is 0 Å². The van der Waals surface area contributed by atoms with E-state index in [1.807, 2.05) is 0 Å². The van der Waals surface area contributed by atoms with Crippen molar-refractivity contribution in [3.63, 3.8) is 0 Å². The lowest BCUT2D eigenvalue weighted by atomic mass is 10.1. The van der Waals surface area contributed by atoms with Gasteiger partial charge in [0.1, 0.15) is 0 Å². The molecule has 0 heterocycles. The maximum absolute atomic E-state index is 6.43. The van der Waals surface area contributed by atoms with Crippen LogP contribution >= 0.6 is 11.6 Å². The van der Waals surface area contributed by atoms with Crippen LogP contribution in [0.1, 0.15) is 43.2 Å². The molecule has 1 fully saturated rings. The van der Waals surface area contributed by atoms with Crippen LogP contribution in [0.15, 0.2) is 24.3 Å². The van der Waals surface area contributed by atoms with Gasteiger partial charge in [0.2, 0.25) is 0 Å². The first-order chi connectivity index (χ1) is 8.27. The van der Waals surface area contributed by atoms with E-state index in [4.69, 9.17) is 11.6 Å². The molecule has 1 nitrogen and oxygen atoms in total. The molecular weight excluding hydrogens is 230 g/mol. The van der Waals surface area contributed by atoms with Gasteiger partial charge in [-0.2, -0.15) is 0 Å². The largest absolute Gasteiger partial charge is 0.308 e. The Morgan fingerprint density at radius 1 is 1.18 bits per heavy atom. The predicted octanol–water partition coefficient (Wildman–Crippen LogP) is 4.02. The van der Waals surface area contributed by atoms with Crippen molar-refractivity contribution in [2.45, 2.75) is 57.0 Å². The van der Waals surface area contributed by atoms with Gasteiger partial charge < -0.3 is 5.32 Å². The number of benzene rings is 1. The van der Waals surface area contributed by atoms with Crippen LogP contribution in [0.3, 0.4) is 0 Å². The van der Waals surface area contributed by atoms with E-state index in [0.29, 0.717) is 11.4 Å². The third kappa shape index (κ3) is 3.72. The molecule has 0 amide bonds. The summed E-state index contributed by atoms with van der Waals surface area (Å²) >= 11 is 6.43. The fraction of sp³-hybridized carbons (Fsp3) is 0.600. The molecule has 0 spiro atoms. The van der Waals surface area contributed by atoms with Gasteiger partial charge in [-0.05, 0) is 30.9 Å². The van der Waals surface area contributed by atoms with Crippen LogP contribution in [-0.4, -0.2) is 11.4 Å². The molecule has 1 aromatic rings. The van der Waals surface area contributed by atoms with Crippen molar-refractivity contribution in [2.24, 2.45) is 0 Å². The Kier molecular flexibility index (Phi) is 4.87. The molecule has 2 heteroatoms. The molecule has 0 aliphatic heterocycles. The third-order valence-corrected chi connectivity index (χ3v) is 4.27. The zero-order chi connectivity index (χ0) is 12.1. The van der Waals surface area contributed by atoms with E-state index in [0.717, 1.165) is 13.0 Å². The van der Waals surface area contributed by atoms with Crippen LogP contribution in [0.25, 0.3) is 0 Å². The number of aryl methyl sites for hydroxylation is 1. The van der Waals surface area contributed by atoms with Gasteiger partial charge in [0.05, 0.1) is 0 Å². The molecule has 1 N–H and O–H groups in total. The summed E-state index contributed by atoms with van der Waals surface area (Å²) in [6.45, 7) is 3.11. The van der Waals surface area contributed by atoms with Crippen LogP contribution in [0.5, 0.6) is 0 Å². The summed E-state index contributed by atoms with van der Waals surface area (Å²) in [7, 11) is 0. The minimum atomic E-state index is 0.307. The van der Waals surface area contributed by atoms with Gasteiger partial charge in [-0.25, -0.2) is 0 Å². The van der Waals surface area contributed by atoms with Crippen LogP contribution in [-0.2, 0) is 6.54 Å². The van der Waals surface area contributed by atoms with Crippen LogP contribution < -0.4 is 5.32 Å². The van der Waals surface area contributed by atoms with E-state index in [9.17, 15) is 0 Å². The number of nitrogens with one attached hydrogen (secondary N) is 1. The predicted molar refractivity (Wildman–Crippen MR) is 74.5 cm³/mol. The highest BCUT2D eigenvalue weighted by molar-refractivity contribution is 6.21. The van der Waals surface area contributed by atoms with Gasteiger partial charge in [-0.15, -0.1) is 11.6 Å². The zero-order valence-electron chi connectivity index (χ0n) is 10.6. The van der Waals surface area contributed by atoms with Gasteiger partial charge in [0, 0.05) is 18.0 Å². The Labute approximate surface area is 110 Å². The van der Waals surface area contributed by atoms with Gasteiger partial charge in [-0.3, -0.25) is 0 Å². The lowest BCUT2D eigenvalue weighted by Gasteiger charge is -2.21. The third-order valence-electron chi connectivity index (χ3n) is 3.75. The molecule has 2 rings (SSSR count). The molecule has 94 valence electrons. The molecule has 1 saturated carbocycles. The summed E-state index contributed by atoms with van der Waals surface area (Å²) in [6.07, 6.45) is 6.32. The molecule has 0 aromatic heterocycles. The smallest absolute Gasteiger partial charge is 0.0489 e. The minimum absolute atomic E-state index is 0.307. The van der Waals surface area contributed by atoms with Crippen molar-refractivity contribution in [3.8, 4) is 0 Å². The number of hydrogen-bond donors (Lipinski definition) is 1. The molecule has 17 heavy (non-hydrogen) atoms. The monoisotopic (exact) mass is 251 g/mol. The number of rotatable bonds is 3. The number of hydrogen-bond acceptors (Lipinski definition) is 1. The Bertz CT molecular complexity index is 351. The molecule has 0 bridgehead atoms. The van der Waals surface area contributed by atoms with Gasteiger partial charge in [0.25, 0.3) is 0 Å². The highest BCUT2D eigenvalue weighted by atomic mass is 35.5. The lowest BCUT2D eigenvalue weighted by Crippen LogP contribution is -2.35. The first-order valence-corrected chi connectivity index (χ1v) is 7.13.